The highest BCUT2D eigenvalue weighted by atomic mass is 19.1. The van der Waals surface area contributed by atoms with Crippen molar-refractivity contribution >= 4 is 45.9 Å². The van der Waals surface area contributed by atoms with E-state index in [0.29, 0.717) is 37.8 Å². The number of fused-ring (bicyclic) bond motifs is 1. The minimum atomic E-state index is -0.553. The zero-order chi connectivity index (χ0) is 30.6. The van der Waals surface area contributed by atoms with Crippen molar-refractivity contribution < 1.29 is 18.7 Å². The van der Waals surface area contributed by atoms with Crippen LogP contribution in [-0.4, -0.2) is 58.1 Å². The highest BCUT2D eigenvalue weighted by Crippen LogP contribution is 2.32. The molecule has 0 unspecified atom stereocenters. The molecule has 3 heterocycles. The van der Waals surface area contributed by atoms with Crippen LogP contribution in [0.25, 0.3) is 33.4 Å². The van der Waals surface area contributed by atoms with Crippen molar-refractivity contribution in [2.24, 2.45) is 0 Å². The second-order valence-corrected chi connectivity index (χ2v) is 10.4. The van der Waals surface area contributed by atoms with E-state index >= 15 is 0 Å². The van der Waals surface area contributed by atoms with Crippen LogP contribution in [0.3, 0.4) is 0 Å². The second-order valence-electron chi connectivity index (χ2n) is 10.4. The lowest BCUT2D eigenvalue weighted by Gasteiger charge is -2.29. The van der Waals surface area contributed by atoms with E-state index < -0.39 is 11.8 Å². The fraction of sp³-hybridized carbons (Fsp3) is 0.188. The Morgan fingerprint density at radius 1 is 0.886 bits per heavy atom. The number of nitrogens with one attached hydrogen (secondary N) is 2. The highest BCUT2D eigenvalue weighted by molar-refractivity contribution is 6.00. The second kappa shape index (κ2) is 12.4. The highest BCUT2D eigenvalue weighted by Gasteiger charge is 2.19. The fourth-order valence-corrected chi connectivity index (χ4v) is 4.96. The molecular weight excluding hydrogens is 563 g/mol. The number of ether oxygens (including phenoxy) is 1. The number of nitrogens with two attached hydrogens (primary N) is 1. The molecule has 0 spiro atoms. The normalized spacial score (nSPS) is 13.1. The van der Waals surface area contributed by atoms with Crippen molar-refractivity contribution in [2.75, 3.05) is 47.6 Å². The molecule has 0 saturated carbocycles. The molecule has 2 aromatic heterocycles. The van der Waals surface area contributed by atoms with Crippen LogP contribution in [0.5, 0.6) is 0 Å². The summed E-state index contributed by atoms with van der Waals surface area (Å²) in [6.45, 7) is 4.04. The van der Waals surface area contributed by atoms with E-state index in [-0.39, 0.29) is 29.4 Å². The van der Waals surface area contributed by atoms with Crippen LogP contribution in [0.15, 0.2) is 73.1 Å². The van der Waals surface area contributed by atoms with Crippen LogP contribution in [0.1, 0.15) is 12.5 Å². The third kappa shape index (κ3) is 6.45. The largest absolute Gasteiger partial charge is 0.378 e. The Morgan fingerprint density at radius 3 is 2.27 bits per heavy atom. The number of halogens is 1. The summed E-state index contributed by atoms with van der Waals surface area (Å²) >= 11 is 0. The van der Waals surface area contributed by atoms with Crippen molar-refractivity contribution in [3.8, 4) is 22.5 Å². The molecule has 12 heteroatoms. The zero-order valence-electron chi connectivity index (χ0n) is 23.9. The minimum Gasteiger partial charge on any atom is -0.378 e. The predicted octanol–water partition coefficient (Wildman–Crippen LogP) is 5.09. The van der Waals surface area contributed by atoms with Gasteiger partial charge in [-0.15, -0.1) is 0 Å². The number of urea groups is 1. The average molecular weight is 593 g/mol. The van der Waals surface area contributed by atoms with Gasteiger partial charge < -0.3 is 26.0 Å². The van der Waals surface area contributed by atoms with Gasteiger partial charge in [-0.3, -0.25) is 4.79 Å². The Balaban J connectivity index is 1.25. The van der Waals surface area contributed by atoms with E-state index in [4.69, 9.17) is 20.4 Å². The van der Waals surface area contributed by atoms with Crippen LogP contribution in [0.4, 0.5) is 32.3 Å². The maximum Gasteiger partial charge on any atom is 0.323 e. The number of benzene rings is 3. The maximum atomic E-state index is 14.3. The number of morpholine rings is 1. The van der Waals surface area contributed by atoms with E-state index in [0.717, 1.165) is 33.4 Å². The van der Waals surface area contributed by atoms with Gasteiger partial charge >= 0.3 is 6.03 Å². The number of hydrogen-bond acceptors (Lipinski definition) is 9. The van der Waals surface area contributed by atoms with Crippen LogP contribution in [0, 0.1) is 5.82 Å². The topological polar surface area (TPSA) is 148 Å². The molecule has 5 aromatic rings. The predicted molar refractivity (Wildman–Crippen MR) is 167 cm³/mol. The summed E-state index contributed by atoms with van der Waals surface area (Å²) in [5, 5.41) is 6.27. The molecule has 1 fully saturated rings. The van der Waals surface area contributed by atoms with Crippen LogP contribution in [-0.2, 0) is 16.0 Å². The lowest BCUT2D eigenvalue weighted by Crippen LogP contribution is -2.37. The van der Waals surface area contributed by atoms with Gasteiger partial charge in [0.05, 0.1) is 18.7 Å². The molecule has 6 rings (SSSR count). The fourth-order valence-electron chi connectivity index (χ4n) is 4.96. The summed E-state index contributed by atoms with van der Waals surface area (Å²) in [6.07, 6.45) is 3.35. The first-order valence-electron chi connectivity index (χ1n) is 14.0. The molecule has 1 aliphatic heterocycles. The Kier molecular flexibility index (Phi) is 8.06. The molecule has 4 N–H and O–H groups in total. The first kappa shape index (κ1) is 28.6. The van der Waals surface area contributed by atoms with Gasteiger partial charge in [0.15, 0.2) is 5.82 Å². The van der Waals surface area contributed by atoms with Gasteiger partial charge in [0, 0.05) is 59.8 Å². The Morgan fingerprint density at radius 2 is 1.57 bits per heavy atom. The van der Waals surface area contributed by atoms with Crippen molar-refractivity contribution in [2.45, 2.75) is 13.3 Å². The maximum absolute atomic E-state index is 14.3. The van der Waals surface area contributed by atoms with Crippen molar-refractivity contribution in [1.82, 2.24) is 19.9 Å². The number of rotatable bonds is 7. The number of nitrogen functional groups attached to an aromatic ring is 1. The van der Waals surface area contributed by atoms with Gasteiger partial charge in [0.1, 0.15) is 17.4 Å². The molecule has 0 atom stereocenters. The molecule has 1 aliphatic rings. The molecule has 11 nitrogen and oxygen atoms in total. The first-order valence-corrected chi connectivity index (χ1v) is 14.0. The molecule has 0 aliphatic carbocycles. The van der Waals surface area contributed by atoms with Crippen LogP contribution >= 0.6 is 0 Å². The number of anilines is 4. The number of ketones is 1. The number of carbonyl (C=O) groups is 2. The summed E-state index contributed by atoms with van der Waals surface area (Å²) in [5.74, 6) is 0.856. The average Bonchev–Trinajstić information content (AvgIpc) is 3.02. The van der Waals surface area contributed by atoms with E-state index in [1.165, 1.54) is 19.1 Å². The third-order valence-electron chi connectivity index (χ3n) is 7.14. The Bertz CT molecular complexity index is 1840. The summed E-state index contributed by atoms with van der Waals surface area (Å²) in [4.78, 5) is 44.1. The van der Waals surface area contributed by atoms with E-state index in [1.54, 1.807) is 30.6 Å². The summed E-state index contributed by atoms with van der Waals surface area (Å²) in [7, 11) is 0. The van der Waals surface area contributed by atoms with Gasteiger partial charge in [-0.05, 0) is 66.6 Å². The quantitative estimate of drug-likeness (QED) is 0.235. The van der Waals surface area contributed by atoms with E-state index in [2.05, 4.69) is 25.5 Å². The van der Waals surface area contributed by atoms with Crippen LogP contribution < -0.4 is 21.3 Å². The number of amides is 2. The summed E-state index contributed by atoms with van der Waals surface area (Å²) < 4.78 is 19.9. The van der Waals surface area contributed by atoms with Crippen molar-refractivity contribution in [3.63, 3.8) is 0 Å². The summed E-state index contributed by atoms with van der Waals surface area (Å²) in [5.41, 5.74) is 9.98. The molecule has 3 aromatic carbocycles. The van der Waals surface area contributed by atoms with Gasteiger partial charge in [0.25, 0.3) is 0 Å². The third-order valence-corrected chi connectivity index (χ3v) is 7.14. The molecule has 1 saturated heterocycles. The number of carbonyl (C=O) groups excluding carboxylic acids is 2. The standard InChI is InChI=1S/C32H29FN8O3/c1-19(42)14-22-4-8-25(16-27(22)33)38-32(43)37-24-6-2-20(3-7-24)29-39-28-15-21(23-17-35-31(34)36-18-23)5-9-26(28)30(40-29)41-10-12-44-13-11-41/h2-9,15-18H,10-14H2,1H3,(H2,34,35,36)(H2,37,38,43). The molecule has 0 radical (unpaired) electrons. The van der Waals surface area contributed by atoms with Gasteiger partial charge in [0.2, 0.25) is 5.95 Å². The van der Waals surface area contributed by atoms with E-state index in [1.807, 2.05) is 30.3 Å². The van der Waals surface area contributed by atoms with Crippen LogP contribution in [0.2, 0.25) is 0 Å². The van der Waals surface area contributed by atoms with Gasteiger partial charge in [-0.25, -0.2) is 29.1 Å². The first-order chi connectivity index (χ1) is 21.3. The molecule has 222 valence electrons. The smallest absolute Gasteiger partial charge is 0.323 e. The Labute approximate surface area is 252 Å². The van der Waals surface area contributed by atoms with E-state index in [9.17, 15) is 14.0 Å². The monoisotopic (exact) mass is 592 g/mol. The van der Waals surface area contributed by atoms with Crippen molar-refractivity contribution in [1.29, 1.82) is 0 Å². The lowest BCUT2D eigenvalue weighted by atomic mass is 10.1. The SMILES string of the molecule is CC(=O)Cc1ccc(NC(=O)Nc2ccc(-c3nc(N4CCOCC4)c4ccc(-c5cnc(N)nc5)cc4n3)cc2)cc1F. The molecule has 44 heavy (non-hydrogen) atoms. The van der Waals surface area contributed by atoms with Gasteiger partial charge in [-0.2, -0.15) is 0 Å². The summed E-state index contributed by atoms with van der Waals surface area (Å²) in [6, 6.07) is 16.8. The lowest BCUT2D eigenvalue weighted by molar-refractivity contribution is -0.116. The van der Waals surface area contributed by atoms with Crippen molar-refractivity contribution in [3.05, 3.63) is 84.4 Å². The molecule has 0 bridgehead atoms. The molecule has 2 amide bonds. The van der Waals surface area contributed by atoms with Gasteiger partial charge in [-0.1, -0.05) is 12.1 Å². The molecular formula is C32H29FN8O3. The Hall–Kier alpha value is -5.49. The number of Topliss-reactive ketones (excluding diaryl/α,β-unsaturated/α-hetero) is 1. The number of hydrogen-bond donors (Lipinski definition) is 3. The zero-order valence-corrected chi connectivity index (χ0v) is 23.9. The minimum absolute atomic E-state index is 0.00176. The number of nitrogens with zero attached hydrogens (tertiary/aromatic N) is 5. The number of aromatic nitrogens is 4.